The van der Waals surface area contributed by atoms with Crippen molar-refractivity contribution in [3.63, 3.8) is 0 Å². The summed E-state index contributed by atoms with van der Waals surface area (Å²) in [5.74, 6) is 1.57. The predicted octanol–water partition coefficient (Wildman–Crippen LogP) is 1.91. The maximum absolute atomic E-state index is 5.62. The molecule has 2 saturated carbocycles. The summed E-state index contributed by atoms with van der Waals surface area (Å²) in [4.78, 5) is 8.61. The van der Waals surface area contributed by atoms with Gasteiger partial charge in [0.25, 0.3) is 0 Å². The predicted molar refractivity (Wildman–Crippen MR) is 64.7 cm³/mol. The van der Waals surface area contributed by atoms with E-state index in [9.17, 15) is 0 Å². The number of rotatable bonds is 7. The van der Waals surface area contributed by atoms with Crippen LogP contribution in [0.15, 0.2) is 12.4 Å². The first-order valence-electron chi connectivity index (χ1n) is 6.57. The molecule has 2 aliphatic rings. The molecule has 0 unspecified atom stereocenters. The highest BCUT2D eigenvalue weighted by molar-refractivity contribution is 5.08. The second-order valence-electron chi connectivity index (χ2n) is 5.08. The molecule has 0 aromatic carbocycles. The van der Waals surface area contributed by atoms with Gasteiger partial charge in [0.15, 0.2) is 0 Å². The van der Waals surface area contributed by atoms with Crippen LogP contribution in [0.5, 0.6) is 5.88 Å². The van der Waals surface area contributed by atoms with Gasteiger partial charge in [-0.2, -0.15) is 0 Å². The molecule has 2 aliphatic carbocycles. The Bertz CT molecular complexity index is 375. The Hall–Kier alpha value is -1.16. The number of aromatic nitrogens is 2. The zero-order valence-corrected chi connectivity index (χ0v) is 10.1. The van der Waals surface area contributed by atoms with Crippen molar-refractivity contribution in [3.05, 3.63) is 18.1 Å². The van der Waals surface area contributed by atoms with Crippen LogP contribution >= 0.6 is 0 Å². The van der Waals surface area contributed by atoms with E-state index in [0.717, 1.165) is 31.2 Å². The third-order valence-electron chi connectivity index (χ3n) is 3.28. The van der Waals surface area contributed by atoms with Crippen LogP contribution in [0, 0.1) is 5.92 Å². The molecule has 0 bridgehead atoms. The van der Waals surface area contributed by atoms with Gasteiger partial charge in [-0.25, -0.2) is 4.98 Å². The van der Waals surface area contributed by atoms with Crippen molar-refractivity contribution in [2.45, 2.75) is 44.7 Å². The zero-order chi connectivity index (χ0) is 11.5. The molecule has 0 aliphatic heterocycles. The number of nitrogens with zero attached hydrogens (tertiary/aromatic N) is 2. The Morgan fingerprint density at radius 2 is 2.12 bits per heavy atom. The standard InChI is InChI=1S/C13H19N3O/c1-2-10(1)5-6-17-13-9-14-7-12(16-13)8-15-11-3-4-11/h7,9-11,15H,1-6,8H2. The quantitative estimate of drug-likeness (QED) is 0.781. The lowest BCUT2D eigenvalue weighted by atomic mass is 10.3. The van der Waals surface area contributed by atoms with E-state index in [-0.39, 0.29) is 0 Å². The lowest BCUT2D eigenvalue weighted by molar-refractivity contribution is 0.289. The van der Waals surface area contributed by atoms with Crippen LogP contribution in [0.1, 0.15) is 37.8 Å². The van der Waals surface area contributed by atoms with E-state index in [0.29, 0.717) is 11.9 Å². The SMILES string of the molecule is c1ncc(OCCC2CC2)nc1CNC1CC1. The van der Waals surface area contributed by atoms with Crippen molar-refractivity contribution >= 4 is 0 Å². The van der Waals surface area contributed by atoms with Crippen molar-refractivity contribution in [3.8, 4) is 5.88 Å². The minimum Gasteiger partial charge on any atom is -0.477 e. The Kier molecular flexibility index (Phi) is 3.22. The molecule has 17 heavy (non-hydrogen) atoms. The second kappa shape index (κ2) is 5.00. The normalized spacial score (nSPS) is 19.3. The van der Waals surface area contributed by atoms with Gasteiger partial charge in [0.1, 0.15) is 0 Å². The fraction of sp³-hybridized carbons (Fsp3) is 0.692. The summed E-state index contributed by atoms with van der Waals surface area (Å²) in [5.41, 5.74) is 0.973. The van der Waals surface area contributed by atoms with Crippen LogP contribution in [0.2, 0.25) is 0 Å². The molecule has 92 valence electrons. The lowest BCUT2D eigenvalue weighted by Crippen LogP contribution is -2.16. The number of hydrogen-bond donors (Lipinski definition) is 1. The fourth-order valence-corrected chi connectivity index (χ4v) is 1.81. The van der Waals surface area contributed by atoms with Crippen molar-refractivity contribution in [1.29, 1.82) is 0 Å². The second-order valence-corrected chi connectivity index (χ2v) is 5.08. The number of hydrogen-bond acceptors (Lipinski definition) is 4. The Morgan fingerprint density at radius 1 is 1.24 bits per heavy atom. The molecule has 0 saturated heterocycles. The molecule has 2 fully saturated rings. The van der Waals surface area contributed by atoms with Crippen molar-refractivity contribution < 1.29 is 4.74 Å². The molecule has 3 rings (SSSR count). The summed E-state index contributed by atoms with van der Waals surface area (Å²) in [5, 5.41) is 3.43. The van der Waals surface area contributed by atoms with Crippen LogP contribution in [0.3, 0.4) is 0 Å². The van der Waals surface area contributed by atoms with Crippen LogP contribution in [-0.2, 0) is 6.54 Å². The minimum atomic E-state index is 0.667. The first-order chi connectivity index (χ1) is 8.40. The molecule has 4 heteroatoms. The first-order valence-corrected chi connectivity index (χ1v) is 6.57. The van der Waals surface area contributed by atoms with Crippen LogP contribution < -0.4 is 10.1 Å². The van der Waals surface area contributed by atoms with Gasteiger partial charge in [0, 0.05) is 18.8 Å². The summed E-state index contributed by atoms with van der Waals surface area (Å²) < 4.78 is 5.62. The number of nitrogens with one attached hydrogen (secondary N) is 1. The van der Waals surface area contributed by atoms with Gasteiger partial charge in [-0.1, -0.05) is 12.8 Å². The summed E-state index contributed by atoms with van der Waals surface area (Å²) >= 11 is 0. The van der Waals surface area contributed by atoms with E-state index in [2.05, 4.69) is 15.3 Å². The van der Waals surface area contributed by atoms with Gasteiger partial charge >= 0.3 is 0 Å². The molecular formula is C13H19N3O. The highest BCUT2D eigenvalue weighted by Crippen LogP contribution is 2.32. The molecule has 0 spiro atoms. The maximum atomic E-state index is 5.62. The van der Waals surface area contributed by atoms with E-state index in [1.165, 1.54) is 25.7 Å². The highest BCUT2D eigenvalue weighted by Gasteiger charge is 2.21. The monoisotopic (exact) mass is 233 g/mol. The lowest BCUT2D eigenvalue weighted by Gasteiger charge is -2.06. The molecule has 1 aromatic heterocycles. The van der Waals surface area contributed by atoms with Gasteiger partial charge in [-0.3, -0.25) is 4.98 Å². The van der Waals surface area contributed by atoms with E-state index < -0.39 is 0 Å². The molecule has 4 nitrogen and oxygen atoms in total. The summed E-state index contributed by atoms with van der Waals surface area (Å²) in [6.45, 7) is 1.58. The highest BCUT2D eigenvalue weighted by atomic mass is 16.5. The average Bonchev–Trinajstić information content (AvgIpc) is 3.22. The van der Waals surface area contributed by atoms with Crippen LogP contribution in [0.4, 0.5) is 0 Å². The van der Waals surface area contributed by atoms with Crippen molar-refractivity contribution in [2.75, 3.05) is 6.61 Å². The molecule has 1 aromatic rings. The van der Waals surface area contributed by atoms with Gasteiger partial charge < -0.3 is 10.1 Å². The summed E-state index contributed by atoms with van der Waals surface area (Å²) in [7, 11) is 0. The molecule has 1 N–H and O–H groups in total. The van der Waals surface area contributed by atoms with Crippen LogP contribution in [0.25, 0.3) is 0 Å². The Morgan fingerprint density at radius 3 is 2.88 bits per heavy atom. The first kappa shape index (κ1) is 11.0. The van der Waals surface area contributed by atoms with Gasteiger partial charge in [-0.15, -0.1) is 0 Å². The largest absolute Gasteiger partial charge is 0.477 e. The fourth-order valence-electron chi connectivity index (χ4n) is 1.81. The molecular weight excluding hydrogens is 214 g/mol. The third-order valence-corrected chi connectivity index (χ3v) is 3.28. The summed E-state index contributed by atoms with van der Waals surface area (Å²) in [6, 6.07) is 0.705. The van der Waals surface area contributed by atoms with Gasteiger partial charge in [0.05, 0.1) is 18.5 Å². The van der Waals surface area contributed by atoms with Gasteiger partial charge in [-0.05, 0) is 25.2 Å². The zero-order valence-electron chi connectivity index (χ0n) is 10.1. The molecule has 0 atom stereocenters. The summed E-state index contributed by atoms with van der Waals surface area (Å²) in [6.07, 6.45) is 10.0. The topological polar surface area (TPSA) is 47.0 Å². The Balaban J connectivity index is 1.46. The van der Waals surface area contributed by atoms with Gasteiger partial charge in [0.2, 0.25) is 5.88 Å². The van der Waals surface area contributed by atoms with Crippen molar-refractivity contribution in [2.24, 2.45) is 5.92 Å². The Labute approximate surface area is 102 Å². The minimum absolute atomic E-state index is 0.667. The third kappa shape index (κ3) is 3.66. The maximum Gasteiger partial charge on any atom is 0.232 e. The smallest absolute Gasteiger partial charge is 0.232 e. The van der Waals surface area contributed by atoms with E-state index in [1.54, 1.807) is 6.20 Å². The molecule has 0 amide bonds. The van der Waals surface area contributed by atoms with E-state index in [1.807, 2.05) is 6.20 Å². The molecule has 1 heterocycles. The van der Waals surface area contributed by atoms with E-state index in [4.69, 9.17) is 4.74 Å². The molecule has 0 radical (unpaired) electrons. The number of ether oxygens (including phenoxy) is 1. The van der Waals surface area contributed by atoms with Crippen LogP contribution in [-0.4, -0.2) is 22.6 Å². The average molecular weight is 233 g/mol. The van der Waals surface area contributed by atoms with E-state index >= 15 is 0 Å². The van der Waals surface area contributed by atoms with Crippen molar-refractivity contribution in [1.82, 2.24) is 15.3 Å².